The van der Waals surface area contributed by atoms with E-state index in [1.807, 2.05) is 25.1 Å². The average Bonchev–Trinajstić information content (AvgIpc) is 2.56. The Bertz CT molecular complexity index is 896. The predicted octanol–water partition coefficient (Wildman–Crippen LogP) is 4.57. The average molecular weight is 306 g/mol. The molecule has 2 aromatic carbocycles. The van der Waals surface area contributed by atoms with Gasteiger partial charge in [-0.2, -0.15) is 0 Å². The van der Waals surface area contributed by atoms with E-state index in [0.29, 0.717) is 5.69 Å². The Morgan fingerprint density at radius 3 is 2.57 bits per heavy atom. The van der Waals surface area contributed by atoms with Crippen LogP contribution in [0.4, 0.5) is 5.69 Å². The van der Waals surface area contributed by atoms with Gasteiger partial charge in [0.25, 0.3) is 5.56 Å². The van der Waals surface area contributed by atoms with Crippen LogP contribution >= 0.6 is 0 Å². The Hall–Kier alpha value is -2.55. The second-order valence-corrected chi connectivity index (χ2v) is 5.99. The van der Waals surface area contributed by atoms with Crippen molar-refractivity contribution in [1.82, 2.24) is 4.98 Å². The summed E-state index contributed by atoms with van der Waals surface area (Å²) in [6.45, 7) is 6.11. The summed E-state index contributed by atoms with van der Waals surface area (Å²) in [5.74, 6) is 0. The molecule has 23 heavy (non-hydrogen) atoms. The molecule has 0 bridgehead atoms. The van der Waals surface area contributed by atoms with E-state index in [1.165, 1.54) is 16.3 Å². The van der Waals surface area contributed by atoms with Gasteiger partial charge in [0.1, 0.15) is 5.69 Å². The molecule has 0 aliphatic rings. The van der Waals surface area contributed by atoms with Gasteiger partial charge >= 0.3 is 0 Å². The van der Waals surface area contributed by atoms with Crippen LogP contribution in [0.5, 0.6) is 0 Å². The summed E-state index contributed by atoms with van der Waals surface area (Å²) < 4.78 is 0. The van der Waals surface area contributed by atoms with Crippen molar-refractivity contribution in [3.05, 3.63) is 75.7 Å². The molecule has 3 heteroatoms. The van der Waals surface area contributed by atoms with Crippen molar-refractivity contribution >= 4 is 16.5 Å². The molecule has 0 fully saturated rings. The second kappa shape index (κ2) is 6.29. The van der Waals surface area contributed by atoms with E-state index < -0.39 is 0 Å². The summed E-state index contributed by atoms with van der Waals surface area (Å²) in [5.41, 5.74) is 3.85. The van der Waals surface area contributed by atoms with Crippen molar-refractivity contribution in [2.45, 2.75) is 33.2 Å². The minimum absolute atomic E-state index is 0.0626. The van der Waals surface area contributed by atoms with Gasteiger partial charge in [0.2, 0.25) is 0 Å². The van der Waals surface area contributed by atoms with Crippen molar-refractivity contribution in [2.75, 3.05) is 5.32 Å². The number of aryl methyl sites for hydroxylation is 2. The first kappa shape index (κ1) is 15.3. The third kappa shape index (κ3) is 3.14. The van der Waals surface area contributed by atoms with Gasteiger partial charge in [-0.1, -0.05) is 43.3 Å². The molecule has 0 saturated carbocycles. The molecule has 0 radical (unpaired) electrons. The Balaban J connectivity index is 1.91. The Morgan fingerprint density at radius 2 is 1.83 bits per heavy atom. The SMILES string of the molecule is CCc1cc(NC(C)c2ccc3ccccc3c2)c(=O)[nH]c1C. The molecule has 0 aliphatic heterocycles. The lowest BCUT2D eigenvalue weighted by Crippen LogP contribution is -2.18. The van der Waals surface area contributed by atoms with E-state index in [1.54, 1.807) is 0 Å². The number of rotatable bonds is 4. The highest BCUT2D eigenvalue weighted by molar-refractivity contribution is 5.83. The quantitative estimate of drug-likeness (QED) is 0.741. The Kier molecular flexibility index (Phi) is 4.20. The fraction of sp³-hybridized carbons (Fsp3) is 0.250. The third-order valence-electron chi connectivity index (χ3n) is 4.37. The molecular weight excluding hydrogens is 284 g/mol. The van der Waals surface area contributed by atoms with Crippen LogP contribution in [-0.2, 0) is 6.42 Å². The first-order valence-electron chi connectivity index (χ1n) is 8.06. The largest absolute Gasteiger partial charge is 0.374 e. The van der Waals surface area contributed by atoms with E-state index in [-0.39, 0.29) is 11.6 Å². The summed E-state index contributed by atoms with van der Waals surface area (Å²) in [7, 11) is 0. The molecule has 0 saturated heterocycles. The van der Waals surface area contributed by atoms with Gasteiger partial charge in [-0.25, -0.2) is 0 Å². The maximum absolute atomic E-state index is 12.2. The summed E-state index contributed by atoms with van der Waals surface area (Å²) in [4.78, 5) is 15.1. The summed E-state index contributed by atoms with van der Waals surface area (Å²) in [5, 5.41) is 5.79. The maximum atomic E-state index is 12.2. The molecule has 1 unspecified atom stereocenters. The maximum Gasteiger partial charge on any atom is 0.271 e. The molecule has 2 N–H and O–H groups in total. The number of anilines is 1. The fourth-order valence-electron chi connectivity index (χ4n) is 2.93. The van der Waals surface area contributed by atoms with Crippen LogP contribution in [0.25, 0.3) is 10.8 Å². The van der Waals surface area contributed by atoms with E-state index in [0.717, 1.165) is 17.7 Å². The van der Waals surface area contributed by atoms with Crippen molar-refractivity contribution < 1.29 is 0 Å². The van der Waals surface area contributed by atoms with Crippen molar-refractivity contribution in [2.24, 2.45) is 0 Å². The lowest BCUT2D eigenvalue weighted by atomic mass is 10.0. The Labute approximate surface area is 136 Å². The van der Waals surface area contributed by atoms with Gasteiger partial charge in [0.05, 0.1) is 0 Å². The monoisotopic (exact) mass is 306 g/mol. The van der Waals surface area contributed by atoms with Gasteiger partial charge in [0, 0.05) is 11.7 Å². The normalized spacial score (nSPS) is 12.3. The first-order chi connectivity index (χ1) is 11.1. The minimum Gasteiger partial charge on any atom is -0.374 e. The number of H-pyrrole nitrogens is 1. The fourth-order valence-corrected chi connectivity index (χ4v) is 2.93. The number of aromatic nitrogens is 1. The first-order valence-corrected chi connectivity index (χ1v) is 8.06. The number of fused-ring (bicyclic) bond motifs is 1. The minimum atomic E-state index is -0.0626. The van der Waals surface area contributed by atoms with Gasteiger partial charge < -0.3 is 10.3 Å². The van der Waals surface area contributed by atoms with Gasteiger partial charge in [0.15, 0.2) is 0 Å². The molecule has 0 amide bonds. The molecule has 1 heterocycles. The van der Waals surface area contributed by atoms with Gasteiger partial charge in [-0.05, 0) is 54.3 Å². The zero-order valence-corrected chi connectivity index (χ0v) is 13.8. The topological polar surface area (TPSA) is 44.9 Å². The van der Waals surface area contributed by atoms with Crippen LogP contribution in [0.1, 0.15) is 36.7 Å². The van der Waals surface area contributed by atoms with E-state index in [2.05, 4.69) is 54.5 Å². The second-order valence-electron chi connectivity index (χ2n) is 5.99. The number of benzene rings is 2. The van der Waals surface area contributed by atoms with E-state index in [9.17, 15) is 4.79 Å². The predicted molar refractivity (Wildman–Crippen MR) is 97.2 cm³/mol. The number of pyridine rings is 1. The lowest BCUT2D eigenvalue weighted by Gasteiger charge is -2.17. The Morgan fingerprint density at radius 1 is 1.09 bits per heavy atom. The van der Waals surface area contributed by atoms with Crippen molar-refractivity contribution in [3.8, 4) is 0 Å². The number of hydrogen-bond acceptors (Lipinski definition) is 2. The van der Waals surface area contributed by atoms with Crippen molar-refractivity contribution in [1.29, 1.82) is 0 Å². The van der Waals surface area contributed by atoms with Crippen LogP contribution in [0.3, 0.4) is 0 Å². The molecule has 1 aromatic heterocycles. The van der Waals surface area contributed by atoms with Crippen LogP contribution in [0.15, 0.2) is 53.3 Å². The number of hydrogen-bond donors (Lipinski definition) is 2. The number of nitrogens with one attached hydrogen (secondary N) is 2. The van der Waals surface area contributed by atoms with Crippen molar-refractivity contribution in [3.63, 3.8) is 0 Å². The molecule has 3 aromatic rings. The molecule has 0 spiro atoms. The summed E-state index contributed by atoms with van der Waals surface area (Å²) in [6.07, 6.45) is 0.904. The highest BCUT2D eigenvalue weighted by Gasteiger charge is 2.10. The van der Waals surface area contributed by atoms with E-state index >= 15 is 0 Å². The standard InChI is InChI=1S/C20H22N2O/c1-4-15-12-19(20(23)22-13(15)2)21-14(3)17-10-9-16-7-5-6-8-18(16)11-17/h5-12,14,21H,4H2,1-3H3,(H,22,23). The van der Waals surface area contributed by atoms with Crippen LogP contribution in [0, 0.1) is 6.92 Å². The molecule has 3 rings (SSSR count). The molecule has 0 aliphatic carbocycles. The highest BCUT2D eigenvalue weighted by Crippen LogP contribution is 2.23. The molecule has 1 atom stereocenters. The molecule has 3 nitrogen and oxygen atoms in total. The zero-order chi connectivity index (χ0) is 16.4. The summed E-state index contributed by atoms with van der Waals surface area (Å²) in [6, 6.07) is 16.7. The van der Waals surface area contributed by atoms with E-state index in [4.69, 9.17) is 0 Å². The highest BCUT2D eigenvalue weighted by atomic mass is 16.1. The van der Waals surface area contributed by atoms with Gasteiger partial charge in [-0.3, -0.25) is 4.79 Å². The molecular formula is C20H22N2O. The van der Waals surface area contributed by atoms with Crippen LogP contribution < -0.4 is 10.9 Å². The zero-order valence-electron chi connectivity index (χ0n) is 13.8. The van der Waals surface area contributed by atoms with Gasteiger partial charge in [-0.15, -0.1) is 0 Å². The summed E-state index contributed by atoms with van der Waals surface area (Å²) >= 11 is 0. The van der Waals surface area contributed by atoms with Crippen LogP contribution in [-0.4, -0.2) is 4.98 Å². The molecule has 118 valence electrons. The third-order valence-corrected chi connectivity index (χ3v) is 4.37. The smallest absolute Gasteiger partial charge is 0.271 e. The van der Waals surface area contributed by atoms with Crippen LogP contribution in [0.2, 0.25) is 0 Å². The lowest BCUT2D eigenvalue weighted by molar-refractivity contribution is 0.877. The number of aromatic amines is 1.